The van der Waals surface area contributed by atoms with Crippen molar-refractivity contribution in [2.75, 3.05) is 7.11 Å². The van der Waals surface area contributed by atoms with Crippen LogP contribution in [0.3, 0.4) is 0 Å². The standard InChI is InChI=1S/C14H14BrNO2/c1-17-13-5-6-14(11(8-13)9-15)18-10-12-4-2-3-7-16-12/h2-8H,9-10H2,1H3. The zero-order chi connectivity index (χ0) is 12.8. The summed E-state index contributed by atoms with van der Waals surface area (Å²) in [5.41, 5.74) is 1.97. The Morgan fingerprint density at radius 3 is 2.78 bits per heavy atom. The van der Waals surface area contributed by atoms with Crippen molar-refractivity contribution in [2.24, 2.45) is 0 Å². The van der Waals surface area contributed by atoms with Gasteiger partial charge in [-0.2, -0.15) is 0 Å². The Hall–Kier alpha value is -1.55. The first-order chi connectivity index (χ1) is 8.83. The first kappa shape index (κ1) is 12.9. The van der Waals surface area contributed by atoms with Gasteiger partial charge < -0.3 is 9.47 Å². The Bertz CT molecular complexity index is 502. The van der Waals surface area contributed by atoms with E-state index in [-0.39, 0.29) is 0 Å². The molecule has 4 heteroatoms. The number of rotatable bonds is 5. The van der Waals surface area contributed by atoms with Gasteiger partial charge in [0, 0.05) is 17.1 Å². The highest BCUT2D eigenvalue weighted by molar-refractivity contribution is 9.08. The Morgan fingerprint density at radius 1 is 1.22 bits per heavy atom. The first-order valence-electron chi connectivity index (χ1n) is 5.59. The normalized spacial score (nSPS) is 10.1. The lowest BCUT2D eigenvalue weighted by molar-refractivity contribution is 0.298. The van der Waals surface area contributed by atoms with Gasteiger partial charge in [0.2, 0.25) is 0 Å². The third kappa shape index (κ3) is 3.23. The molecular weight excluding hydrogens is 294 g/mol. The Morgan fingerprint density at radius 2 is 2.11 bits per heavy atom. The van der Waals surface area contributed by atoms with Gasteiger partial charge in [-0.1, -0.05) is 22.0 Å². The quantitative estimate of drug-likeness (QED) is 0.791. The second kappa shape index (κ2) is 6.40. The van der Waals surface area contributed by atoms with Crippen molar-refractivity contribution in [3.05, 3.63) is 53.9 Å². The van der Waals surface area contributed by atoms with E-state index in [4.69, 9.17) is 9.47 Å². The van der Waals surface area contributed by atoms with Gasteiger partial charge in [-0.05, 0) is 30.3 Å². The van der Waals surface area contributed by atoms with Gasteiger partial charge in [0.15, 0.2) is 0 Å². The minimum absolute atomic E-state index is 0.465. The van der Waals surface area contributed by atoms with Crippen LogP contribution in [0.4, 0.5) is 0 Å². The molecule has 0 bridgehead atoms. The summed E-state index contributed by atoms with van der Waals surface area (Å²) in [6, 6.07) is 11.5. The van der Waals surface area contributed by atoms with E-state index in [2.05, 4.69) is 20.9 Å². The van der Waals surface area contributed by atoms with Crippen LogP contribution in [-0.4, -0.2) is 12.1 Å². The van der Waals surface area contributed by atoms with E-state index in [1.165, 1.54) is 0 Å². The second-order valence-electron chi connectivity index (χ2n) is 3.72. The summed E-state index contributed by atoms with van der Waals surface area (Å²) in [6.07, 6.45) is 1.76. The average Bonchev–Trinajstić information content (AvgIpc) is 2.46. The molecule has 0 atom stereocenters. The zero-order valence-electron chi connectivity index (χ0n) is 10.1. The molecule has 0 unspecified atom stereocenters. The van der Waals surface area contributed by atoms with Crippen LogP contribution in [0, 0.1) is 0 Å². The molecule has 1 aromatic heterocycles. The van der Waals surface area contributed by atoms with Crippen LogP contribution >= 0.6 is 15.9 Å². The van der Waals surface area contributed by atoms with Gasteiger partial charge in [0.05, 0.1) is 12.8 Å². The molecule has 0 saturated carbocycles. The van der Waals surface area contributed by atoms with E-state index in [0.29, 0.717) is 6.61 Å². The monoisotopic (exact) mass is 307 g/mol. The zero-order valence-corrected chi connectivity index (χ0v) is 11.7. The number of pyridine rings is 1. The van der Waals surface area contributed by atoms with Gasteiger partial charge >= 0.3 is 0 Å². The van der Waals surface area contributed by atoms with E-state index >= 15 is 0 Å². The molecule has 94 valence electrons. The Kier molecular flexibility index (Phi) is 4.59. The molecule has 0 aliphatic carbocycles. The maximum atomic E-state index is 5.77. The molecule has 1 heterocycles. The fourth-order valence-corrected chi connectivity index (χ4v) is 2.00. The average molecular weight is 308 g/mol. The molecule has 0 aliphatic heterocycles. The molecule has 0 spiro atoms. The van der Waals surface area contributed by atoms with Crippen LogP contribution in [0.1, 0.15) is 11.3 Å². The fraction of sp³-hybridized carbons (Fsp3) is 0.214. The highest BCUT2D eigenvalue weighted by atomic mass is 79.9. The fourth-order valence-electron chi connectivity index (χ4n) is 1.56. The van der Waals surface area contributed by atoms with E-state index in [1.807, 2.05) is 36.4 Å². The van der Waals surface area contributed by atoms with Crippen molar-refractivity contribution < 1.29 is 9.47 Å². The van der Waals surface area contributed by atoms with Crippen LogP contribution in [-0.2, 0) is 11.9 Å². The second-order valence-corrected chi connectivity index (χ2v) is 4.28. The number of hydrogen-bond donors (Lipinski definition) is 0. The van der Waals surface area contributed by atoms with Crippen LogP contribution in [0.5, 0.6) is 11.5 Å². The van der Waals surface area contributed by atoms with Crippen molar-refractivity contribution in [3.8, 4) is 11.5 Å². The molecule has 0 radical (unpaired) electrons. The molecular formula is C14H14BrNO2. The SMILES string of the molecule is COc1ccc(OCc2ccccn2)c(CBr)c1. The minimum atomic E-state index is 0.465. The lowest BCUT2D eigenvalue weighted by Gasteiger charge is -2.11. The van der Waals surface area contributed by atoms with Crippen LogP contribution in [0.15, 0.2) is 42.6 Å². The van der Waals surface area contributed by atoms with Crippen molar-refractivity contribution in [3.63, 3.8) is 0 Å². The molecule has 0 fully saturated rings. The van der Waals surface area contributed by atoms with Gasteiger partial charge in [0.1, 0.15) is 18.1 Å². The van der Waals surface area contributed by atoms with E-state index in [9.17, 15) is 0 Å². The number of halogens is 1. The lowest BCUT2D eigenvalue weighted by atomic mass is 10.2. The van der Waals surface area contributed by atoms with Crippen LogP contribution < -0.4 is 9.47 Å². The topological polar surface area (TPSA) is 31.4 Å². The maximum Gasteiger partial charge on any atom is 0.130 e. The van der Waals surface area contributed by atoms with Gasteiger partial charge in [-0.15, -0.1) is 0 Å². The van der Waals surface area contributed by atoms with E-state index in [1.54, 1.807) is 13.3 Å². The number of methoxy groups -OCH3 is 1. The molecule has 2 rings (SSSR count). The van der Waals surface area contributed by atoms with Crippen molar-refractivity contribution >= 4 is 15.9 Å². The summed E-state index contributed by atoms with van der Waals surface area (Å²) >= 11 is 3.45. The smallest absolute Gasteiger partial charge is 0.130 e. The number of aromatic nitrogens is 1. The Balaban J connectivity index is 2.09. The Labute approximate surface area is 115 Å². The van der Waals surface area contributed by atoms with Crippen molar-refractivity contribution in [1.29, 1.82) is 0 Å². The highest BCUT2D eigenvalue weighted by Gasteiger charge is 2.05. The summed E-state index contributed by atoms with van der Waals surface area (Å²) < 4.78 is 11.0. The summed E-state index contributed by atoms with van der Waals surface area (Å²) in [5.74, 6) is 1.67. The number of ether oxygens (including phenoxy) is 2. The van der Waals surface area contributed by atoms with Crippen molar-refractivity contribution in [1.82, 2.24) is 4.98 Å². The molecule has 3 nitrogen and oxygen atoms in total. The van der Waals surface area contributed by atoms with Gasteiger partial charge in [-0.25, -0.2) is 0 Å². The predicted molar refractivity (Wildman–Crippen MR) is 74.2 cm³/mol. The first-order valence-corrected chi connectivity index (χ1v) is 6.71. The molecule has 1 aromatic carbocycles. The molecule has 0 N–H and O–H groups in total. The van der Waals surface area contributed by atoms with Crippen molar-refractivity contribution in [2.45, 2.75) is 11.9 Å². The molecule has 0 aliphatic rings. The van der Waals surface area contributed by atoms with E-state index < -0.39 is 0 Å². The maximum absolute atomic E-state index is 5.77. The highest BCUT2D eigenvalue weighted by Crippen LogP contribution is 2.26. The number of hydrogen-bond acceptors (Lipinski definition) is 3. The predicted octanol–water partition coefficient (Wildman–Crippen LogP) is 3.56. The largest absolute Gasteiger partial charge is 0.497 e. The molecule has 18 heavy (non-hydrogen) atoms. The third-order valence-electron chi connectivity index (χ3n) is 2.51. The molecule has 0 saturated heterocycles. The number of nitrogens with zero attached hydrogens (tertiary/aromatic N) is 1. The van der Waals surface area contributed by atoms with E-state index in [0.717, 1.165) is 28.1 Å². The van der Waals surface area contributed by atoms with Crippen LogP contribution in [0.25, 0.3) is 0 Å². The summed E-state index contributed by atoms with van der Waals surface area (Å²) in [5, 5.41) is 0.724. The lowest BCUT2D eigenvalue weighted by Crippen LogP contribution is -1.99. The minimum Gasteiger partial charge on any atom is -0.497 e. The molecule has 0 amide bonds. The summed E-state index contributed by atoms with van der Waals surface area (Å²) in [6.45, 7) is 0.465. The van der Waals surface area contributed by atoms with Crippen LogP contribution in [0.2, 0.25) is 0 Å². The molecule has 2 aromatic rings. The number of benzene rings is 1. The number of alkyl halides is 1. The van der Waals surface area contributed by atoms with Gasteiger partial charge in [-0.3, -0.25) is 4.98 Å². The van der Waals surface area contributed by atoms with Gasteiger partial charge in [0.25, 0.3) is 0 Å². The summed E-state index contributed by atoms with van der Waals surface area (Å²) in [7, 11) is 1.65. The third-order valence-corrected chi connectivity index (χ3v) is 3.12. The summed E-state index contributed by atoms with van der Waals surface area (Å²) in [4.78, 5) is 4.22.